The lowest BCUT2D eigenvalue weighted by atomic mass is 10.2. The molecule has 0 saturated carbocycles. The summed E-state index contributed by atoms with van der Waals surface area (Å²) in [6, 6.07) is 4.72. The van der Waals surface area contributed by atoms with E-state index in [0.717, 1.165) is 5.56 Å². The van der Waals surface area contributed by atoms with Crippen LogP contribution in [-0.2, 0) is 6.54 Å². The van der Waals surface area contributed by atoms with Gasteiger partial charge in [0, 0.05) is 16.6 Å². The highest BCUT2D eigenvalue weighted by molar-refractivity contribution is 6.35. The fourth-order valence-corrected chi connectivity index (χ4v) is 2.01. The van der Waals surface area contributed by atoms with Gasteiger partial charge in [-0.3, -0.25) is 4.79 Å². The van der Waals surface area contributed by atoms with Crippen LogP contribution in [0.3, 0.4) is 0 Å². The molecule has 1 aromatic heterocycles. The molecular formula is C13H13Cl2N3O2. The van der Waals surface area contributed by atoms with Crippen LogP contribution in [0.5, 0.6) is 0 Å². The number of nitrogens with zero attached hydrogens (tertiary/aromatic N) is 1. The highest BCUT2D eigenvalue weighted by atomic mass is 35.5. The second-order valence-electron chi connectivity index (χ2n) is 4.28. The largest absolute Gasteiger partial charge is 0.446 e. The number of hydrogen-bond acceptors (Lipinski definition) is 4. The molecule has 1 heterocycles. The first-order chi connectivity index (χ1) is 9.47. The van der Waals surface area contributed by atoms with Crippen molar-refractivity contribution < 1.29 is 9.21 Å². The molecule has 2 aromatic rings. The van der Waals surface area contributed by atoms with E-state index >= 15 is 0 Å². The zero-order chi connectivity index (χ0) is 14.7. The van der Waals surface area contributed by atoms with E-state index in [1.54, 1.807) is 25.1 Å². The molecule has 0 aliphatic rings. The normalized spacial score (nSPS) is 12.2. The number of oxazole rings is 1. The summed E-state index contributed by atoms with van der Waals surface area (Å²) in [6.07, 6.45) is 1.28. The van der Waals surface area contributed by atoms with Crippen molar-refractivity contribution in [3.8, 4) is 0 Å². The molecule has 0 radical (unpaired) electrons. The van der Waals surface area contributed by atoms with E-state index in [1.807, 2.05) is 0 Å². The van der Waals surface area contributed by atoms with Gasteiger partial charge < -0.3 is 15.5 Å². The third-order valence-corrected chi connectivity index (χ3v) is 3.19. The van der Waals surface area contributed by atoms with Gasteiger partial charge in [0.2, 0.25) is 5.89 Å². The zero-order valence-electron chi connectivity index (χ0n) is 10.7. The van der Waals surface area contributed by atoms with Crippen molar-refractivity contribution in [2.45, 2.75) is 19.5 Å². The lowest BCUT2D eigenvalue weighted by molar-refractivity contribution is 0.0946. The van der Waals surface area contributed by atoms with Crippen LogP contribution >= 0.6 is 23.2 Å². The molecule has 0 aliphatic carbocycles. The standard InChI is InChI=1S/C13H13Cl2N3O2/c1-7(16)13-18-11(6-20-13)12(19)17-5-8-2-3-9(14)4-10(8)15/h2-4,6-7H,5,16H2,1H3,(H,17,19). The second kappa shape index (κ2) is 6.26. The minimum absolute atomic E-state index is 0.183. The Kier molecular flexibility index (Phi) is 4.65. The summed E-state index contributed by atoms with van der Waals surface area (Å²) in [7, 11) is 0. The number of halogens is 2. The molecule has 7 heteroatoms. The first-order valence-corrected chi connectivity index (χ1v) is 6.66. The number of aromatic nitrogens is 1. The predicted molar refractivity (Wildman–Crippen MR) is 76.7 cm³/mol. The quantitative estimate of drug-likeness (QED) is 0.909. The van der Waals surface area contributed by atoms with E-state index in [-0.39, 0.29) is 24.2 Å². The van der Waals surface area contributed by atoms with Crippen molar-refractivity contribution in [2.24, 2.45) is 5.73 Å². The summed E-state index contributed by atoms with van der Waals surface area (Å²) in [6.45, 7) is 2.00. The first kappa shape index (κ1) is 14.8. The fourth-order valence-electron chi connectivity index (χ4n) is 1.53. The minimum Gasteiger partial charge on any atom is -0.446 e. The number of nitrogens with one attached hydrogen (secondary N) is 1. The number of hydrogen-bond donors (Lipinski definition) is 2. The van der Waals surface area contributed by atoms with Gasteiger partial charge in [-0.05, 0) is 24.6 Å². The SMILES string of the molecule is CC(N)c1nc(C(=O)NCc2ccc(Cl)cc2Cl)co1. The van der Waals surface area contributed by atoms with Gasteiger partial charge in [-0.25, -0.2) is 4.98 Å². The number of nitrogens with two attached hydrogens (primary N) is 1. The third-order valence-electron chi connectivity index (χ3n) is 2.60. The van der Waals surface area contributed by atoms with Gasteiger partial charge in [0.15, 0.2) is 5.69 Å². The molecular weight excluding hydrogens is 301 g/mol. The number of carbonyl (C=O) groups is 1. The van der Waals surface area contributed by atoms with Crippen LogP contribution in [0, 0.1) is 0 Å². The molecule has 0 saturated heterocycles. The molecule has 20 heavy (non-hydrogen) atoms. The molecule has 2 rings (SSSR count). The van der Waals surface area contributed by atoms with Crippen LogP contribution in [0.2, 0.25) is 10.0 Å². The summed E-state index contributed by atoms with van der Waals surface area (Å²) in [5.41, 5.74) is 6.56. The number of carbonyl (C=O) groups excluding carboxylic acids is 1. The molecule has 0 aliphatic heterocycles. The number of benzene rings is 1. The van der Waals surface area contributed by atoms with Crippen LogP contribution in [0.4, 0.5) is 0 Å². The maximum absolute atomic E-state index is 11.9. The maximum atomic E-state index is 11.9. The number of rotatable bonds is 4. The molecule has 0 spiro atoms. The van der Waals surface area contributed by atoms with E-state index in [2.05, 4.69) is 10.3 Å². The van der Waals surface area contributed by atoms with Gasteiger partial charge >= 0.3 is 0 Å². The Morgan fingerprint density at radius 2 is 2.25 bits per heavy atom. The highest BCUT2D eigenvalue weighted by Gasteiger charge is 2.14. The van der Waals surface area contributed by atoms with Crippen molar-refractivity contribution in [2.75, 3.05) is 0 Å². The highest BCUT2D eigenvalue weighted by Crippen LogP contribution is 2.20. The predicted octanol–water partition coefficient (Wildman–Crippen LogP) is 2.93. The minimum atomic E-state index is -0.359. The van der Waals surface area contributed by atoms with Gasteiger partial charge in [-0.2, -0.15) is 0 Å². The summed E-state index contributed by atoms with van der Waals surface area (Å²) >= 11 is 11.8. The summed E-state index contributed by atoms with van der Waals surface area (Å²) in [4.78, 5) is 15.9. The Labute approximate surface area is 126 Å². The lowest BCUT2D eigenvalue weighted by Gasteiger charge is -2.05. The van der Waals surface area contributed by atoms with Crippen LogP contribution in [0.25, 0.3) is 0 Å². The molecule has 0 bridgehead atoms. The number of amides is 1. The monoisotopic (exact) mass is 313 g/mol. The van der Waals surface area contributed by atoms with Crippen molar-refractivity contribution in [3.63, 3.8) is 0 Å². The van der Waals surface area contributed by atoms with E-state index < -0.39 is 0 Å². The van der Waals surface area contributed by atoms with E-state index in [9.17, 15) is 4.79 Å². The van der Waals surface area contributed by atoms with E-state index in [1.165, 1.54) is 6.26 Å². The lowest BCUT2D eigenvalue weighted by Crippen LogP contribution is -2.23. The smallest absolute Gasteiger partial charge is 0.273 e. The molecule has 1 atom stereocenters. The molecule has 0 fully saturated rings. The third kappa shape index (κ3) is 3.50. The van der Waals surface area contributed by atoms with Crippen molar-refractivity contribution in [1.82, 2.24) is 10.3 Å². The summed E-state index contributed by atoms with van der Waals surface area (Å²) < 4.78 is 5.10. The van der Waals surface area contributed by atoms with Crippen LogP contribution < -0.4 is 11.1 Å². The molecule has 106 valence electrons. The van der Waals surface area contributed by atoms with Crippen molar-refractivity contribution in [1.29, 1.82) is 0 Å². The summed E-state index contributed by atoms with van der Waals surface area (Å²) in [5, 5.41) is 3.74. The van der Waals surface area contributed by atoms with Crippen molar-refractivity contribution in [3.05, 3.63) is 51.7 Å². The molecule has 1 amide bonds. The second-order valence-corrected chi connectivity index (χ2v) is 5.12. The Bertz CT molecular complexity index is 626. The Balaban J connectivity index is 2.01. The topological polar surface area (TPSA) is 81.1 Å². The van der Waals surface area contributed by atoms with Gasteiger partial charge in [-0.1, -0.05) is 29.3 Å². The van der Waals surface area contributed by atoms with Crippen LogP contribution in [-0.4, -0.2) is 10.9 Å². The average molecular weight is 314 g/mol. The Hall–Kier alpha value is -1.56. The fraction of sp³-hybridized carbons (Fsp3) is 0.231. The molecule has 3 N–H and O–H groups in total. The van der Waals surface area contributed by atoms with Gasteiger partial charge in [0.1, 0.15) is 6.26 Å². The maximum Gasteiger partial charge on any atom is 0.273 e. The molecule has 1 unspecified atom stereocenters. The van der Waals surface area contributed by atoms with Gasteiger partial charge in [-0.15, -0.1) is 0 Å². The van der Waals surface area contributed by atoms with Gasteiger partial charge in [0.25, 0.3) is 5.91 Å². The van der Waals surface area contributed by atoms with Gasteiger partial charge in [0.05, 0.1) is 6.04 Å². The van der Waals surface area contributed by atoms with E-state index in [4.69, 9.17) is 33.4 Å². The van der Waals surface area contributed by atoms with Crippen molar-refractivity contribution >= 4 is 29.1 Å². The molecule has 5 nitrogen and oxygen atoms in total. The first-order valence-electron chi connectivity index (χ1n) is 5.90. The van der Waals surface area contributed by atoms with E-state index in [0.29, 0.717) is 15.9 Å². The van der Waals surface area contributed by atoms with Crippen LogP contribution in [0.1, 0.15) is 34.9 Å². The summed E-state index contributed by atoms with van der Waals surface area (Å²) in [5.74, 6) is -0.0358. The Morgan fingerprint density at radius 1 is 1.50 bits per heavy atom. The zero-order valence-corrected chi connectivity index (χ0v) is 12.2. The molecule has 1 aromatic carbocycles. The Morgan fingerprint density at radius 3 is 2.85 bits per heavy atom. The average Bonchev–Trinajstić information content (AvgIpc) is 2.87. The van der Waals surface area contributed by atoms with Crippen LogP contribution in [0.15, 0.2) is 28.9 Å².